The quantitative estimate of drug-likeness (QED) is 0.427. The van der Waals surface area contributed by atoms with Gasteiger partial charge in [-0.2, -0.15) is 4.65 Å². The van der Waals surface area contributed by atoms with Crippen molar-refractivity contribution in [2.24, 2.45) is 0 Å². The van der Waals surface area contributed by atoms with E-state index in [0.29, 0.717) is 0 Å². The second kappa shape index (κ2) is 5.56. The van der Waals surface area contributed by atoms with Crippen molar-refractivity contribution in [2.45, 2.75) is 33.6 Å². The fourth-order valence-electron chi connectivity index (χ4n) is 1.12. The summed E-state index contributed by atoms with van der Waals surface area (Å²) < 4.78 is 0.768. The van der Waals surface area contributed by atoms with Crippen LogP contribution in [0.1, 0.15) is 33.6 Å². The minimum absolute atomic E-state index is 0.768. The predicted molar refractivity (Wildman–Crippen MR) is 48.1 cm³/mol. The summed E-state index contributed by atoms with van der Waals surface area (Å²) in [5.41, 5.74) is 0. The van der Waals surface area contributed by atoms with Crippen molar-refractivity contribution < 1.29 is 9.48 Å². The molecule has 0 amide bonds. The maximum atomic E-state index is 5.62. The summed E-state index contributed by atoms with van der Waals surface area (Å²) in [5.74, 6) is 0. The van der Waals surface area contributed by atoms with Gasteiger partial charge >= 0.3 is 0 Å². The van der Waals surface area contributed by atoms with Crippen LogP contribution in [0.25, 0.3) is 0 Å². The lowest BCUT2D eigenvalue weighted by Gasteiger charge is -2.29. The van der Waals surface area contributed by atoms with Crippen molar-refractivity contribution in [1.82, 2.24) is 0 Å². The van der Waals surface area contributed by atoms with E-state index in [-0.39, 0.29) is 0 Å². The molecule has 0 heterocycles. The molecular formula is C9H22NO+. The number of unbranched alkanes of at least 4 members (excludes halogenated alkanes) is 1. The molecule has 0 fully saturated rings. The topological polar surface area (TPSA) is 9.23 Å². The summed E-state index contributed by atoms with van der Waals surface area (Å²) in [6.07, 6.45) is 2.51. The van der Waals surface area contributed by atoms with Gasteiger partial charge in [-0.05, 0) is 20.3 Å². The largest absolute Gasteiger partial charge is 0.203 e. The van der Waals surface area contributed by atoms with E-state index < -0.39 is 0 Å². The number of quaternary nitrogens is 1. The summed E-state index contributed by atoms with van der Waals surface area (Å²) >= 11 is 0. The molecule has 0 aromatic carbocycles. The molecule has 2 heteroatoms. The number of hydrogen-bond acceptors (Lipinski definition) is 1. The lowest BCUT2D eigenvalue weighted by Crippen LogP contribution is -2.44. The van der Waals surface area contributed by atoms with Gasteiger partial charge in [-0.1, -0.05) is 13.3 Å². The molecule has 0 aliphatic carbocycles. The highest BCUT2D eigenvalue weighted by Gasteiger charge is 2.18. The standard InChI is InChI=1S/C9H22NO/c1-5-8-9-10(4,6-2)11-7-3/h5-9H2,1-4H3/q+1. The van der Waals surface area contributed by atoms with E-state index in [0.717, 1.165) is 24.3 Å². The summed E-state index contributed by atoms with van der Waals surface area (Å²) in [6, 6.07) is 0. The van der Waals surface area contributed by atoms with Crippen LogP contribution in [-0.2, 0) is 4.84 Å². The highest BCUT2D eigenvalue weighted by atomic mass is 16.7. The minimum Gasteiger partial charge on any atom is -0.203 e. The Labute approximate surface area is 70.7 Å². The van der Waals surface area contributed by atoms with Gasteiger partial charge in [0, 0.05) is 0 Å². The molecular weight excluding hydrogens is 138 g/mol. The van der Waals surface area contributed by atoms with E-state index in [1.54, 1.807) is 0 Å². The van der Waals surface area contributed by atoms with Gasteiger partial charge in [0.15, 0.2) is 0 Å². The van der Waals surface area contributed by atoms with Crippen molar-refractivity contribution in [3.05, 3.63) is 0 Å². The highest BCUT2D eigenvalue weighted by molar-refractivity contribution is 4.30. The van der Waals surface area contributed by atoms with E-state index in [4.69, 9.17) is 4.84 Å². The molecule has 0 saturated heterocycles. The molecule has 0 rings (SSSR count). The van der Waals surface area contributed by atoms with Crippen molar-refractivity contribution in [2.75, 3.05) is 26.7 Å². The van der Waals surface area contributed by atoms with Crippen molar-refractivity contribution in [3.8, 4) is 0 Å². The number of hydrogen-bond donors (Lipinski definition) is 0. The summed E-state index contributed by atoms with van der Waals surface area (Å²) in [7, 11) is 2.15. The van der Waals surface area contributed by atoms with Gasteiger partial charge in [0.05, 0.1) is 7.05 Å². The summed E-state index contributed by atoms with van der Waals surface area (Å²) in [4.78, 5) is 5.62. The Hall–Kier alpha value is -0.0800. The Morgan fingerprint density at radius 3 is 2.18 bits per heavy atom. The maximum absolute atomic E-state index is 5.62. The molecule has 11 heavy (non-hydrogen) atoms. The molecule has 0 aromatic heterocycles. The molecule has 0 bridgehead atoms. The van der Waals surface area contributed by atoms with Crippen LogP contribution in [0.3, 0.4) is 0 Å². The van der Waals surface area contributed by atoms with E-state index in [9.17, 15) is 0 Å². The van der Waals surface area contributed by atoms with E-state index in [2.05, 4.69) is 27.8 Å². The van der Waals surface area contributed by atoms with E-state index >= 15 is 0 Å². The first-order valence-corrected chi connectivity index (χ1v) is 4.67. The van der Waals surface area contributed by atoms with Crippen LogP contribution in [-0.4, -0.2) is 31.4 Å². The lowest BCUT2D eigenvalue weighted by molar-refractivity contribution is -1.09. The SMILES string of the molecule is CCCC[N+](C)(CC)OCC. The number of hydroxylamine groups is 3. The minimum atomic E-state index is 0.768. The molecule has 0 saturated carbocycles. The van der Waals surface area contributed by atoms with Crippen LogP contribution >= 0.6 is 0 Å². The van der Waals surface area contributed by atoms with E-state index in [1.165, 1.54) is 12.8 Å². The second-order valence-electron chi connectivity index (χ2n) is 3.11. The van der Waals surface area contributed by atoms with Crippen molar-refractivity contribution in [3.63, 3.8) is 0 Å². The fourth-order valence-corrected chi connectivity index (χ4v) is 1.12. The zero-order chi connectivity index (χ0) is 8.74. The highest BCUT2D eigenvalue weighted by Crippen LogP contribution is 2.05. The third-order valence-corrected chi connectivity index (χ3v) is 2.09. The Bertz CT molecular complexity index is 95.6. The third-order valence-electron chi connectivity index (χ3n) is 2.09. The molecule has 1 unspecified atom stereocenters. The van der Waals surface area contributed by atoms with Gasteiger partial charge in [-0.25, -0.2) is 4.84 Å². The van der Waals surface area contributed by atoms with Gasteiger partial charge in [-0.15, -0.1) is 0 Å². The van der Waals surface area contributed by atoms with Gasteiger partial charge in [-0.3, -0.25) is 0 Å². The average molecular weight is 160 g/mol. The van der Waals surface area contributed by atoms with Crippen LogP contribution in [0.5, 0.6) is 0 Å². The van der Waals surface area contributed by atoms with Crippen LogP contribution in [0, 0.1) is 0 Å². The lowest BCUT2D eigenvalue weighted by atomic mass is 10.3. The zero-order valence-corrected chi connectivity index (χ0v) is 8.39. The Balaban J connectivity index is 3.68. The van der Waals surface area contributed by atoms with Gasteiger partial charge in [0.2, 0.25) is 0 Å². The first kappa shape index (κ1) is 10.9. The average Bonchev–Trinajstić information content (AvgIpc) is 2.02. The molecule has 0 N–H and O–H groups in total. The normalized spacial score (nSPS) is 16.4. The molecule has 0 radical (unpaired) electrons. The van der Waals surface area contributed by atoms with Crippen LogP contribution in [0.15, 0.2) is 0 Å². The first-order chi connectivity index (χ1) is 5.18. The fraction of sp³-hybridized carbons (Fsp3) is 1.00. The van der Waals surface area contributed by atoms with Crippen LogP contribution < -0.4 is 0 Å². The molecule has 1 atom stereocenters. The third kappa shape index (κ3) is 4.38. The maximum Gasteiger partial charge on any atom is 0.109 e. The monoisotopic (exact) mass is 160 g/mol. The van der Waals surface area contributed by atoms with Crippen molar-refractivity contribution in [1.29, 1.82) is 0 Å². The van der Waals surface area contributed by atoms with Crippen LogP contribution in [0.4, 0.5) is 0 Å². The Morgan fingerprint density at radius 1 is 1.18 bits per heavy atom. The zero-order valence-electron chi connectivity index (χ0n) is 8.39. The molecule has 0 spiro atoms. The molecule has 68 valence electrons. The molecule has 2 nitrogen and oxygen atoms in total. The number of nitrogens with zero attached hydrogens (tertiary/aromatic N) is 1. The van der Waals surface area contributed by atoms with Crippen LogP contribution in [0.2, 0.25) is 0 Å². The van der Waals surface area contributed by atoms with Gasteiger partial charge < -0.3 is 0 Å². The second-order valence-corrected chi connectivity index (χ2v) is 3.11. The Kier molecular flexibility index (Phi) is 5.51. The smallest absolute Gasteiger partial charge is 0.109 e. The molecule has 0 aliphatic heterocycles. The Morgan fingerprint density at radius 2 is 1.82 bits per heavy atom. The summed E-state index contributed by atoms with van der Waals surface area (Å²) in [5, 5.41) is 0. The van der Waals surface area contributed by atoms with Gasteiger partial charge in [0.25, 0.3) is 0 Å². The van der Waals surface area contributed by atoms with Gasteiger partial charge in [0.1, 0.15) is 19.7 Å². The molecule has 0 aromatic rings. The molecule has 0 aliphatic rings. The first-order valence-electron chi connectivity index (χ1n) is 4.67. The predicted octanol–water partition coefficient (Wildman–Crippen LogP) is 2.20. The van der Waals surface area contributed by atoms with Crippen molar-refractivity contribution >= 4 is 0 Å². The van der Waals surface area contributed by atoms with E-state index in [1.807, 2.05) is 0 Å². The number of rotatable bonds is 6. The summed E-state index contributed by atoms with van der Waals surface area (Å²) in [6.45, 7) is 9.46.